The van der Waals surface area contributed by atoms with Crippen molar-refractivity contribution in [1.82, 2.24) is 19.7 Å². The molecule has 142 valence electrons. The van der Waals surface area contributed by atoms with Crippen molar-refractivity contribution in [2.24, 2.45) is 0 Å². The number of hydrogen-bond acceptors (Lipinski definition) is 3. The highest BCUT2D eigenvalue weighted by Gasteiger charge is 2.28. The lowest BCUT2D eigenvalue weighted by Gasteiger charge is -2.15. The normalized spacial score (nSPS) is 13.0. The summed E-state index contributed by atoms with van der Waals surface area (Å²) in [5.41, 5.74) is 0.774. The molecule has 0 saturated carbocycles. The zero-order chi connectivity index (χ0) is 19.8. The van der Waals surface area contributed by atoms with Gasteiger partial charge in [-0.15, -0.1) is 0 Å². The van der Waals surface area contributed by atoms with E-state index in [-0.39, 0.29) is 16.7 Å². The van der Waals surface area contributed by atoms with E-state index in [0.29, 0.717) is 17.1 Å². The summed E-state index contributed by atoms with van der Waals surface area (Å²) in [6, 6.07) is 4.26. The van der Waals surface area contributed by atoms with Crippen LogP contribution in [0, 0.1) is 12.7 Å². The van der Waals surface area contributed by atoms with E-state index in [4.69, 9.17) is 0 Å². The second-order valence-electron chi connectivity index (χ2n) is 6.25. The molecular weight excluding hydrogens is 364 g/mol. The van der Waals surface area contributed by atoms with Gasteiger partial charge < -0.3 is 4.98 Å². The van der Waals surface area contributed by atoms with Crippen LogP contribution in [0.1, 0.15) is 29.9 Å². The predicted molar refractivity (Wildman–Crippen MR) is 90.8 cm³/mol. The van der Waals surface area contributed by atoms with Crippen molar-refractivity contribution in [3.8, 4) is 11.3 Å². The van der Waals surface area contributed by atoms with Gasteiger partial charge in [0.1, 0.15) is 11.6 Å². The van der Waals surface area contributed by atoms with E-state index < -0.39 is 24.5 Å². The molecule has 1 atom stereocenters. The molecule has 0 aliphatic carbocycles. The van der Waals surface area contributed by atoms with Crippen LogP contribution >= 0.6 is 0 Å². The van der Waals surface area contributed by atoms with Crippen LogP contribution in [-0.2, 0) is 6.42 Å². The summed E-state index contributed by atoms with van der Waals surface area (Å²) in [5, 5.41) is 4.17. The summed E-state index contributed by atoms with van der Waals surface area (Å²) in [4.78, 5) is 18.3. The molecule has 0 fully saturated rings. The lowest BCUT2D eigenvalue weighted by atomic mass is 10.0. The van der Waals surface area contributed by atoms with Crippen LogP contribution < -0.4 is 5.56 Å². The van der Waals surface area contributed by atoms with Crippen molar-refractivity contribution < 1.29 is 17.6 Å². The molecule has 3 rings (SSSR count). The van der Waals surface area contributed by atoms with Crippen LogP contribution in [0.25, 0.3) is 11.3 Å². The molecule has 0 saturated heterocycles. The van der Waals surface area contributed by atoms with Crippen LogP contribution in [0.3, 0.4) is 0 Å². The summed E-state index contributed by atoms with van der Waals surface area (Å²) in [6.45, 7) is 3.32. The molecule has 0 spiro atoms. The van der Waals surface area contributed by atoms with Crippen LogP contribution in [0.5, 0.6) is 0 Å². The lowest BCUT2D eigenvalue weighted by Crippen LogP contribution is -2.13. The number of H-pyrrole nitrogens is 1. The molecule has 0 aliphatic rings. The molecule has 0 bridgehead atoms. The molecule has 1 aromatic carbocycles. The number of alkyl halides is 3. The first-order chi connectivity index (χ1) is 12.6. The maximum absolute atomic E-state index is 14.3. The first-order valence-corrected chi connectivity index (χ1v) is 8.10. The standard InChI is InChI=1S/C18H16F4N4O/c1-10(14-4-3-12(5-15(14)19)7-18(20,21)22)26-9-13(8-23-26)16-6-17(27)25-11(2)24-16/h3-6,8-10H,7H2,1-2H3,(H,24,25,27). The summed E-state index contributed by atoms with van der Waals surface area (Å²) in [5.74, 6) is -0.281. The largest absolute Gasteiger partial charge is 0.393 e. The van der Waals surface area contributed by atoms with Crippen molar-refractivity contribution in [3.63, 3.8) is 0 Å². The number of nitrogens with zero attached hydrogens (tertiary/aromatic N) is 3. The minimum absolute atomic E-state index is 0.139. The Labute approximate surface area is 151 Å². The maximum Gasteiger partial charge on any atom is 0.393 e. The topological polar surface area (TPSA) is 63.6 Å². The number of rotatable bonds is 4. The average molecular weight is 380 g/mol. The number of halogens is 4. The molecule has 0 amide bonds. The number of aromatic amines is 1. The Morgan fingerprint density at radius 2 is 2.00 bits per heavy atom. The maximum atomic E-state index is 14.3. The second-order valence-corrected chi connectivity index (χ2v) is 6.25. The van der Waals surface area contributed by atoms with Gasteiger partial charge in [-0.2, -0.15) is 18.3 Å². The monoisotopic (exact) mass is 380 g/mol. The Morgan fingerprint density at radius 3 is 2.63 bits per heavy atom. The first-order valence-electron chi connectivity index (χ1n) is 8.10. The van der Waals surface area contributed by atoms with Crippen molar-refractivity contribution >= 4 is 0 Å². The predicted octanol–water partition coefficient (Wildman–Crippen LogP) is 3.80. The summed E-state index contributed by atoms with van der Waals surface area (Å²) >= 11 is 0. The number of hydrogen-bond donors (Lipinski definition) is 1. The highest BCUT2D eigenvalue weighted by Crippen LogP contribution is 2.27. The second kappa shape index (κ2) is 6.98. The molecule has 5 nitrogen and oxygen atoms in total. The number of benzene rings is 1. The summed E-state index contributed by atoms with van der Waals surface area (Å²) in [7, 11) is 0. The molecule has 2 aromatic heterocycles. The van der Waals surface area contributed by atoms with E-state index in [9.17, 15) is 22.4 Å². The molecule has 9 heteroatoms. The van der Waals surface area contributed by atoms with Crippen LogP contribution in [0.2, 0.25) is 0 Å². The van der Waals surface area contributed by atoms with E-state index in [1.165, 1.54) is 29.1 Å². The fraction of sp³-hybridized carbons (Fsp3) is 0.278. The van der Waals surface area contributed by atoms with Gasteiger partial charge in [-0.05, 0) is 25.5 Å². The van der Waals surface area contributed by atoms with Gasteiger partial charge in [-0.25, -0.2) is 9.37 Å². The van der Waals surface area contributed by atoms with Crippen LogP contribution in [-0.4, -0.2) is 25.9 Å². The molecule has 0 radical (unpaired) electrons. The lowest BCUT2D eigenvalue weighted by molar-refractivity contribution is -0.127. The van der Waals surface area contributed by atoms with Crippen molar-refractivity contribution in [3.05, 3.63) is 69.8 Å². The van der Waals surface area contributed by atoms with E-state index >= 15 is 0 Å². The zero-order valence-electron chi connectivity index (χ0n) is 14.5. The number of nitrogens with one attached hydrogen (secondary N) is 1. The van der Waals surface area contributed by atoms with Gasteiger partial charge in [-0.3, -0.25) is 9.48 Å². The van der Waals surface area contributed by atoms with E-state index in [1.807, 2.05) is 0 Å². The molecule has 1 N–H and O–H groups in total. The highest BCUT2D eigenvalue weighted by atomic mass is 19.4. The van der Waals surface area contributed by atoms with Gasteiger partial charge in [0, 0.05) is 23.4 Å². The van der Waals surface area contributed by atoms with Crippen molar-refractivity contribution in [2.45, 2.75) is 32.5 Å². The third kappa shape index (κ3) is 4.42. The number of aryl methyl sites for hydroxylation is 1. The minimum atomic E-state index is -4.39. The van der Waals surface area contributed by atoms with Gasteiger partial charge in [0.05, 0.1) is 24.4 Å². The molecule has 27 heavy (non-hydrogen) atoms. The van der Waals surface area contributed by atoms with Gasteiger partial charge in [0.25, 0.3) is 5.56 Å². The Hall–Kier alpha value is -2.97. The summed E-state index contributed by atoms with van der Waals surface area (Å²) < 4.78 is 53.2. The Bertz CT molecular complexity index is 1020. The molecule has 3 aromatic rings. The quantitative estimate of drug-likeness (QED) is 0.701. The van der Waals surface area contributed by atoms with E-state index in [2.05, 4.69) is 15.1 Å². The van der Waals surface area contributed by atoms with Gasteiger partial charge >= 0.3 is 6.18 Å². The Balaban J connectivity index is 1.87. The van der Waals surface area contributed by atoms with Crippen molar-refractivity contribution in [2.75, 3.05) is 0 Å². The zero-order valence-corrected chi connectivity index (χ0v) is 14.5. The SMILES string of the molecule is Cc1nc(-c2cnn(C(C)c3ccc(CC(F)(F)F)cc3F)c2)cc(=O)[nH]1. The summed E-state index contributed by atoms with van der Waals surface area (Å²) in [6.07, 6.45) is -2.48. The fourth-order valence-corrected chi connectivity index (χ4v) is 2.80. The van der Waals surface area contributed by atoms with Gasteiger partial charge in [-0.1, -0.05) is 12.1 Å². The first kappa shape index (κ1) is 18.8. The fourth-order valence-electron chi connectivity index (χ4n) is 2.80. The Morgan fingerprint density at radius 1 is 1.26 bits per heavy atom. The van der Waals surface area contributed by atoms with Gasteiger partial charge in [0.2, 0.25) is 0 Å². The molecular formula is C18H16F4N4O. The van der Waals surface area contributed by atoms with E-state index in [1.54, 1.807) is 20.0 Å². The van der Waals surface area contributed by atoms with Crippen molar-refractivity contribution in [1.29, 1.82) is 0 Å². The van der Waals surface area contributed by atoms with Crippen LogP contribution in [0.15, 0.2) is 41.5 Å². The molecule has 1 unspecified atom stereocenters. The van der Waals surface area contributed by atoms with Crippen LogP contribution in [0.4, 0.5) is 17.6 Å². The average Bonchev–Trinajstić information content (AvgIpc) is 3.02. The molecule has 0 aliphatic heterocycles. The van der Waals surface area contributed by atoms with Gasteiger partial charge in [0.15, 0.2) is 0 Å². The van der Waals surface area contributed by atoms with E-state index in [0.717, 1.165) is 6.07 Å². The third-order valence-electron chi connectivity index (χ3n) is 4.07. The smallest absolute Gasteiger partial charge is 0.311 e. The third-order valence-corrected chi connectivity index (χ3v) is 4.07. The minimum Gasteiger partial charge on any atom is -0.311 e. The Kier molecular flexibility index (Phi) is 4.86. The number of aromatic nitrogens is 4. The highest BCUT2D eigenvalue weighted by molar-refractivity contribution is 5.56. The molecule has 2 heterocycles.